The van der Waals surface area contributed by atoms with Crippen LogP contribution in [0.2, 0.25) is 0 Å². The number of allylic oxidation sites excluding steroid dienone is 2. The molecule has 3 fully saturated rings. The molecule has 2 heterocycles. The van der Waals surface area contributed by atoms with Gasteiger partial charge in [-0.25, -0.2) is 4.98 Å². The summed E-state index contributed by atoms with van der Waals surface area (Å²) in [6, 6.07) is 2.23. The van der Waals surface area contributed by atoms with E-state index in [0.29, 0.717) is 35.5 Å². The summed E-state index contributed by atoms with van der Waals surface area (Å²) in [5.74, 6) is 1.35. The largest absolute Gasteiger partial charge is 0.431 e. The highest BCUT2D eigenvalue weighted by molar-refractivity contribution is 6.07. The molecule has 0 spiro atoms. The maximum Gasteiger partial charge on any atom is 0.387 e. The van der Waals surface area contributed by atoms with Crippen LogP contribution >= 0.6 is 0 Å². The van der Waals surface area contributed by atoms with Gasteiger partial charge in [0, 0.05) is 55.7 Å². The van der Waals surface area contributed by atoms with Crippen molar-refractivity contribution in [2.45, 2.75) is 64.3 Å². The highest BCUT2D eigenvalue weighted by atomic mass is 19.3. The highest BCUT2D eigenvalue weighted by Crippen LogP contribution is 2.61. The zero-order valence-corrected chi connectivity index (χ0v) is 19.6. The molecule has 182 valence electrons. The molecule has 1 aliphatic heterocycles. The predicted octanol–water partition coefficient (Wildman–Crippen LogP) is 3.65. The van der Waals surface area contributed by atoms with E-state index in [2.05, 4.69) is 33.8 Å². The van der Waals surface area contributed by atoms with E-state index in [9.17, 15) is 8.78 Å². The SMILES string of the molecule is COC1CCN([C@H]2C[C@@H]3[C@H](C2)[C@H]3/C(=C/C(=N)c2cnc(N)c(OC(F)F)c2)NC(C)C)CC1. The van der Waals surface area contributed by atoms with E-state index >= 15 is 0 Å². The van der Waals surface area contributed by atoms with E-state index in [4.69, 9.17) is 15.9 Å². The van der Waals surface area contributed by atoms with E-state index in [1.807, 2.05) is 6.08 Å². The summed E-state index contributed by atoms with van der Waals surface area (Å²) in [5, 5.41) is 12.1. The molecule has 4 atom stereocenters. The van der Waals surface area contributed by atoms with Crippen LogP contribution in [0.3, 0.4) is 0 Å². The maximum atomic E-state index is 12.6. The minimum Gasteiger partial charge on any atom is -0.431 e. The van der Waals surface area contributed by atoms with Gasteiger partial charge in [-0.3, -0.25) is 0 Å². The average molecular weight is 464 g/mol. The molecule has 9 heteroatoms. The number of rotatable bonds is 9. The number of anilines is 1. The number of nitrogens with zero attached hydrogens (tertiary/aromatic N) is 2. The van der Waals surface area contributed by atoms with Crippen molar-refractivity contribution in [1.82, 2.24) is 15.2 Å². The zero-order chi connectivity index (χ0) is 23.7. The van der Waals surface area contributed by atoms with Gasteiger partial charge in [0.25, 0.3) is 0 Å². The second-order valence-electron chi connectivity index (χ2n) is 9.75. The predicted molar refractivity (Wildman–Crippen MR) is 124 cm³/mol. The highest BCUT2D eigenvalue weighted by Gasteiger charge is 2.58. The number of nitrogens with two attached hydrogens (primary N) is 1. The van der Waals surface area contributed by atoms with Gasteiger partial charge in [-0.15, -0.1) is 0 Å². The van der Waals surface area contributed by atoms with Crippen LogP contribution in [0.4, 0.5) is 14.6 Å². The minimum atomic E-state index is -2.99. The van der Waals surface area contributed by atoms with Gasteiger partial charge in [0.15, 0.2) is 11.6 Å². The van der Waals surface area contributed by atoms with Gasteiger partial charge in [0.05, 0.1) is 11.8 Å². The summed E-state index contributed by atoms with van der Waals surface area (Å²) in [6.45, 7) is 3.39. The lowest BCUT2D eigenvalue weighted by Gasteiger charge is -2.36. The van der Waals surface area contributed by atoms with Crippen molar-refractivity contribution in [1.29, 1.82) is 5.41 Å². The number of pyridine rings is 1. The minimum absolute atomic E-state index is 0.117. The Hall–Kier alpha value is -2.26. The van der Waals surface area contributed by atoms with Gasteiger partial charge in [-0.05, 0) is 63.5 Å². The van der Waals surface area contributed by atoms with Crippen LogP contribution < -0.4 is 15.8 Å². The number of alkyl halides is 2. The van der Waals surface area contributed by atoms with Gasteiger partial charge in [0.1, 0.15) is 0 Å². The summed E-state index contributed by atoms with van der Waals surface area (Å²) in [6.07, 6.45) is 8.23. The van der Waals surface area contributed by atoms with E-state index in [0.717, 1.165) is 31.6 Å². The van der Waals surface area contributed by atoms with Crippen LogP contribution in [0.15, 0.2) is 24.0 Å². The van der Waals surface area contributed by atoms with Gasteiger partial charge in [-0.2, -0.15) is 8.78 Å². The molecule has 1 aromatic heterocycles. The van der Waals surface area contributed by atoms with Crippen LogP contribution in [-0.4, -0.2) is 60.6 Å². The Morgan fingerprint density at radius 2 is 1.94 bits per heavy atom. The first-order chi connectivity index (χ1) is 15.8. The van der Waals surface area contributed by atoms with Crippen molar-refractivity contribution in [3.8, 4) is 5.75 Å². The molecule has 2 aliphatic carbocycles. The number of nitrogens with one attached hydrogen (secondary N) is 2. The molecule has 3 aliphatic rings. The first-order valence-corrected chi connectivity index (χ1v) is 11.8. The van der Waals surface area contributed by atoms with Gasteiger partial charge >= 0.3 is 6.61 Å². The number of halogens is 2. The second-order valence-corrected chi connectivity index (χ2v) is 9.75. The molecule has 4 rings (SSSR count). The lowest BCUT2D eigenvalue weighted by molar-refractivity contribution is -0.0495. The molecule has 0 bridgehead atoms. The van der Waals surface area contributed by atoms with Gasteiger partial charge in [-0.1, -0.05) is 0 Å². The second kappa shape index (κ2) is 9.93. The fourth-order valence-corrected chi connectivity index (χ4v) is 5.65. The summed E-state index contributed by atoms with van der Waals surface area (Å²) in [4.78, 5) is 6.56. The van der Waals surface area contributed by atoms with Crippen molar-refractivity contribution in [2.75, 3.05) is 25.9 Å². The smallest absolute Gasteiger partial charge is 0.387 e. The number of nitrogen functional groups attached to an aromatic ring is 1. The van der Waals surface area contributed by atoms with Crippen LogP contribution in [-0.2, 0) is 4.74 Å². The monoisotopic (exact) mass is 463 g/mol. The fraction of sp³-hybridized carbons (Fsp3) is 0.667. The van der Waals surface area contributed by atoms with Crippen molar-refractivity contribution in [3.05, 3.63) is 29.6 Å². The van der Waals surface area contributed by atoms with E-state index < -0.39 is 6.61 Å². The van der Waals surface area contributed by atoms with Crippen LogP contribution in [0.5, 0.6) is 5.75 Å². The Labute approximate surface area is 194 Å². The van der Waals surface area contributed by atoms with E-state index in [-0.39, 0.29) is 23.3 Å². The molecule has 1 aromatic rings. The lowest BCUT2D eigenvalue weighted by atomic mass is 9.98. The zero-order valence-electron chi connectivity index (χ0n) is 19.6. The Kier molecular flexibility index (Phi) is 7.19. The number of ether oxygens (including phenoxy) is 2. The Morgan fingerprint density at radius 1 is 1.27 bits per heavy atom. The number of aromatic nitrogens is 1. The molecule has 33 heavy (non-hydrogen) atoms. The molecule has 7 nitrogen and oxygen atoms in total. The number of piperidine rings is 1. The molecular formula is C24H35F2N5O2. The third-order valence-corrected chi connectivity index (χ3v) is 7.27. The molecule has 0 aromatic carbocycles. The standard InChI is InChI=1S/C24H35F2N5O2/c1-13(2)30-20(11-19(27)14-8-21(33-24(25)26)23(28)29-12-14)22-17-9-15(10-18(17)22)31-6-4-16(32-3)5-7-31/h8,11-13,15-18,22,24,27,30H,4-7,9-10H2,1-3H3,(H2,28,29)/b20-11-,27-19?/t15-,17+,18-,22-. The van der Waals surface area contributed by atoms with Gasteiger partial charge < -0.3 is 30.8 Å². The third-order valence-electron chi connectivity index (χ3n) is 7.27. The topological polar surface area (TPSA) is 96.5 Å². The Bertz CT molecular complexity index is 874. The molecular weight excluding hydrogens is 428 g/mol. The van der Waals surface area contributed by atoms with Crippen LogP contribution in [0, 0.1) is 23.2 Å². The van der Waals surface area contributed by atoms with Crippen molar-refractivity contribution in [3.63, 3.8) is 0 Å². The number of likely N-dealkylation sites (tertiary alicyclic amines) is 1. The molecule has 2 saturated carbocycles. The molecule has 0 amide bonds. The number of hydrogen-bond acceptors (Lipinski definition) is 7. The maximum absolute atomic E-state index is 12.6. The first kappa shape index (κ1) is 23.9. The lowest BCUT2D eigenvalue weighted by Crippen LogP contribution is -2.43. The third kappa shape index (κ3) is 5.46. The van der Waals surface area contributed by atoms with E-state index in [1.54, 1.807) is 7.11 Å². The summed E-state index contributed by atoms with van der Waals surface area (Å²) in [7, 11) is 1.80. The Balaban J connectivity index is 1.42. The normalized spacial score (nSPS) is 28.3. The van der Waals surface area contributed by atoms with Crippen LogP contribution in [0.1, 0.15) is 45.1 Å². The van der Waals surface area contributed by atoms with Crippen molar-refractivity contribution in [2.24, 2.45) is 17.8 Å². The molecule has 4 N–H and O–H groups in total. The fourth-order valence-electron chi connectivity index (χ4n) is 5.65. The molecule has 0 unspecified atom stereocenters. The summed E-state index contributed by atoms with van der Waals surface area (Å²) >= 11 is 0. The van der Waals surface area contributed by atoms with E-state index in [1.165, 1.54) is 25.1 Å². The average Bonchev–Trinajstić information content (AvgIpc) is 3.27. The number of methoxy groups -OCH3 is 1. The first-order valence-electron chi connectivity index (χ1n) is 11.8. The quantitative estimate of drug-likeness (QED) is 0.484. The van der Waals surface area contributed by atoms with Gasteiger partial charge in [0.2, 0.25) is 0 Å². The number of hydrogen-bond donors (Lipinski definition) is 3. The molecule has 1 saturated heterocycles. The van der Waals surface area contributed by atoms with Crippen molar-refractivity contribution < 1.29 is 18.3 Å². The molecule has 0 radical (unpaired) electrons. The number of fused-ring (bicyclic) bond motifs is 1. The van der Waals surface area contributed by atoms with Crippen molar-refractivity contribution >= 4 is 11.5 Å². The summed E-state index contributed by atoms with van der Waals surface area (Å²) < 4.78 is 35.2. The Morgan fingerprint density at radius 3 is 2.52 bits per heavy atom. The summed E-state index contributed by atoms with van der Waals surface area (Å²) in [5.41, 5.74) is 7.28. The van der Waals surface area contributed by atoms with Crippen LogP contribution in [0.25, 0.3) is 0 Å².